The number of benzene rings is 2. The van der Waals surface area contributed by atoms with E-state index in [4.69, 9.17) is 21.1 Å². The van der Waals surface area contributed by atoms with Crippen LogP contribution in [0.2, 0.25) is 5.02 Å². The smallest absolute Gasteiger partial charge is 0.264 e. The number of carbonyl (C=O) groups is 1. The Morgan fingerprint density at radius 2 is 1.81 bits per heavy atom. The maximum atomic E-state index is 13.7. The highest BCUT2D eigenvalue weighted by atomic mass is 35.5. The molecule has 2 bridgehead atoms. The molecule has 296 valence electrons. The van der Waals surface area contributed by atoms with Gasteiger partial charge in [0.15, 0.2) is 0 Å². The number of ether oxygens (including phenoxy) is 2. The molecule has 2 aromatic carbocycles. The number of fused-ring (bicyclic) bond motifs is 4. The van der Waals surface area contributed by atoms with Gasteiger partial charge in [-0.1, -0.05) is 43.7 Å². The molecule has 2 fully saturated rings. The van der Waals surface area contributed by atoms with Crippen LogP contribution < -0.4 is 14.4 Å². The molecule has 1 amide bonds. The van der Waals surface area contributed by atoms with Gasteiger partial charge < -0.3 is 14.4 Å². The van der Waals surface area contributed by atoms with Crippen LogP contribution in [0.5, 0.6) is 5.75 Å². The van der Waals surface area contributed by atoms with Gasteiger partial charge in [0.2, 0.25) is 10.0 Å². The van der Waals surface area contributed by atoms with Gasteiger partial charge in [0.25, 0.3) is 5.91 Å². The zero-order valence-electron chi connectivity index (χ0n) is 33.2. The van der Waals surface area contributed by atoms with Crippen LogP contribution in [0.3, 0.4) is 0 Å². The summed E-state index contributed by atoms with van der Waals surface area (Å²) in [5.74, 6) is 0.485. The second-order valence-electron chi connectivity index (χ2n) is 17.3. The molecule has 1 spiro atoms. The number of nitrogens with zero attached hydrogens (tertiary/aromatic N) is 3. The molecule has 11 heteroatoms. The number of allylic oxidation sites excluding steroid dienone is 1. The summed E-state index contributed by atoms with van der Waals surface area (Å²) in [7, 11) is -2.09. The van der Waals surface area contributed by atoms with Crippen molar-refractivity contribution in [3.8, 4) is 5.75 Å². The van der Waals surface area contributed by atoms with E-state index < -0.39 is 26.8 Å². The molecule has 9 nitrogen and oxygen atoms in total. The SMILES string of the molecule is CCCN1[C@H](C)CN(C[C@]2(OC)/C=C/C[C@H](C)[C@@H](C)S(=O)(=O)NC(=O)c3ccc4c(c3)N(C[C@@H]3CC[C@H]32)C[C@@]2(CCCc3cc(Cl)ccc32)CO4)C[C@@H]1C. The number of rotatable bonds is 5. The fraction of sp³-hybridized carbons (Fsp3) is 0.651. The highest BCUT2D eigenvalue weighted by Crippen LogP contribution is 2.49. The zero-order chi connectivity index (χ0) is 38.4. The molecule has 8 atom stereocenters. The van der Waals surface area contributed by atoms with Crippen molar-refractivity contribution in [3.05, 3.63) is 70.3 Å². The molecule has 1 saturated carbocycles. The zero-order valence-corrected chi connectivity index (χ0v) is 34.7. The number of aryl methyl sites for hydroxylation is 1. The molecule has 3 aliphatic heterocycles. The number of hydrogen-bond acceptors (Lipinski definition) is 8. The quantitative estimate of drug-likeness (QED) is 0.323. The van der Waals surface area contributed by atoms with Crippen LogP contribution in [0.25, 0.3) is 0 Å². The molecule has 5 aliphatic rings. The van der Waals surface area contributed by atoms with Gasteiger partial charge in [-0.25, -0.2) is 13.1 Å². The second kappa shape index (κ2) is 15.7. The first-order valence-corrected chi connectivity index (χ1v) is 22.3. The van der Waals surface area contributed by atoms with Crippen molar-refractivity contribution in [1.82, 2.24) is 14.5 Å². The first-order chi connectivity index (χ1) is 25.8. The molecule has 0 unspecified atom stereocenters. The summed E-state index contributed by atoms with van der Waals surface area (Å²) in [6.45, 7) is 16.5. The predicted molar refractivity (Wildman–Crippen MR) is 217 cm³/mol. The summed E-state index contributed by atoms with van der Waals surface area (Å²) in [4.78, 5) is 21.4. The summed E-state index contributed by atoms with van der Waals surface area (Å²) >= 11 is 6.52. The fourth-order valence-electron chi connectivity index (χ4n) is 10.5. The molecule has 7 rings (SSSR count). The monoisotopic (exact) mass is 780 g/mol. The van der Waals surface area contributed by atoms with Crippen LogP contribution in [-0.2, 0) is 26.6 Å². The second-order valence-corrected chi connectivity index (χ2v) is 19.8. The van der Waals surface area contributed by atoms with E-state index in [0.29, 0.717) is 36.6 Å². The van der Waals surface area contributed by atoms with Gasteiger partial charge in [-0.2, -0.15) is 0 Å². The molecule has 1 N–H and O–H groups in total. The summed E-state index contributed by atoms with van der Waals surface area (Å²) in [6.07, 6.45) is 11.3. The standard InChI is InChI=1S/C43H61ClN4O5S/c1-7-20-48-30(3)23-46(24-31(48)4)27-43(52-6)19-8-10-29(2)32(5)54(50,51)45-41(49)34-13-17-40-39(22-34)47(25-35-12-15-38(35)43)26-42(28-53-40)18-9-11-33-21-36(44)14-16-37(33)42/h8,13-14,16-17,19,21-22,29-32,35,38H,7,9-12,15,18,20,23-28H2,1-6H3,(H,45,49)/b19-8+/t29-,30-,31+,32+,35-,38+,42-,43+/m0/s1. The predicted octanol–water partition coefficient (Wildman–Crippen LogP) is 7.07. The third-order valence-electron chi connectivity index (χ3n) is 13.7. The Balaban J connectivity index is 1.29. The molecule has 0 aromatic heterocycles. The highest BCUT2D eigenvalue weighted by molar-refractivity contribution is 7.90. The lowest BCUT2D eigenvalue weighted by atomic mass is 9.63. The Kier molecular flexibility index (Phi) is 11.5. The molecule has 1 saturated heterocycles. The number of piperazine rings is 1. The molecule has 3 heterocycles. The normalized spacial score (nSPS) is 35.2. The van der Waals surface area contributed by atoms with Crippen molar-refractivity contribution in [1.29, 1.82) is 0 Å². The number of nitrogens with one attached hydrogen (secondary N) is 1. The number of hydrogen-bond donors (Lipinski definition) is 1. The lowest BCUT2D eigenvalue weighted by Crippen LogP contribution is -2.62. The number of anilines is 1. The molecule has 2 aliphatic carbocycles. The lowest BCUT2D eigenvalue weighted by Gasteiger charge is -2.53. The van der Waals surface area contributed by atoms with E-state index >= 15 is 0 Å². The van der Waals surface area contributed by atoms with E-state index in [0.717, 1.165) is 94.3 Å². The number of carbonyl (C=O) groups excluding carboxylic acids is 1. The van der Waals surface area contributed by atoms with Crippen molar-refractivity contribution in [3.63, 3.8) is 0 Å². The van der Waals surface area contributed by atoms with Gasteiger partial charge in [0.1, 0.15) is 11.4 Å². The largest absolute Gasteiger partial charge is 0.490 e. The van der Waals surface area contributed by atoms with Crippen molar-refractivity contribution < 1.29 is 22.7 Å². The summed E-state index contributed by atoms with van der Waals surface area (Å²) in [5, 5.41) is -0.0269. The maximum Gasteiger partial charge on any atom is 0.264 e. The number of amides is 1. The Labute approximate surface area is 328 Å². The Morgan fingerprint density at radius 1 is 1.04 bits per heavy atom. The van der Waals surface area contributed by atoms with Crippen LogP contribution in [0.4, 0.5) is 5.69 Å². The number of halogens is 1. The van der Waals surface area contributed by atoms with E-state index in [9.17, 15) is 13.2 Å². The minimum absolute atomic E-state index is 0.218. The van der Waals surface area contributed by atoms with Gasteiger partial charge in [-0.15, -0.1) is 0 Å². The van der Waals surface area contributed by atoms with Crippen molar-refractivity contribution in [2.24, 2.45) is 17.8 Å². The maximum absolute atomic E-state index is 13.7. The van der Waals surface area contributed by atoms with Crippen LogP contribution in [0.1, 0.15) is 94.6 Å². The van der Waals surface area contributed by atoms with Gasteiger partial charge in [-0.3, -0.25) is 14.6 Å². The van der Waals surface area contributed by atoms with Gasteiger partial charge in [-0.05, 0) is 131 Å². The summed E-state index contributed by atoms with van der Waals surface area (Å²) in [6, 6.07) is 12.6. The van der Waals surface area contributed by atoms with E-state index in [-0.39, 0.29) is 17.3 Å². The fourth-order valence-corrected chi connectivity index (χ4v) is 11.9. The summed E-state index contributed by atoms with van der Waals surface area (Å²) in [5.41, 5.74) is 2.91. The van der Waals surface area contributed by atoms with E-state index in [1.165, 1.54) is 11.1 Å². The highest BCUT2D eigenvalue weighted by Gasteiger charge is 2.50. The average Bonchev–Trinajstić information content (AvgIpc) is 3.27. The van der Waals surface area contributed by atoms with Crippen molar-refractivity contribution >= 4 is 33.2 Å². The first kappa shape index (κ1) is 39.6. The van der Waals surface area contributed by atoms with Gasteiger partial charge in [0.05, 0.1) is 17.5 Å². The van der Waals surface area contributed by atoms with Gasteiger partial charge in [0, 0.05) is 67.9 Å². The van der Waals surface area contributed by atoms with Crippen LogP contribution in [0, 0.1) is 17.8 Å². The topological polar surface area (TPSA) is 91.4 Å². The van der Waals surface area contributed by atoms with Gasteiger partial charge >= 0.3 is 0 Å². The minimum atomic E-state index is -3.96. The molecular formula is C43H61ClN4O5S. The molecule has 2 aromatic rings. The van der Waals surface area contributed by atoms with E-state index in [2.05, 4.69) is 64.5 Å². The van der Waals surface area contributed by atoms with Crippen LogP contribution in [0.15, 0.2) is 48.6 Å². The molecule has 54 heavy (non-hydrogen) atoms. The summed E-state index contributed by atoms with van der Waals surface area (Å²) < 4.78 is 43.2. The van der Waals surface area contributed by atoms with Crippen molar-refractivity contribution in [2.75, 3.05) is 57.9 Å². The Morgan fingerprint density at radius 3 is 2.52 bits per heavy atom. The van der Waals surface area contributed by atoms with Crippen molar-refractivity contribution in [2.45, 2.75) is 108 Å². The number of sulfonamides is 1. The number of methoxy groups -OCH3 is 1. The third-order valence-corrected chi connectivity index (χ3v) is 15.9. The first-order valence-electron chi connectivity index (χ1n) is 20.4. The minimum Gasteiger partial charge on any atom is -0.490 e. The van der Waals surface area contributed by atoms with E-state index in [1.807, 2.05) is 32.2 Å². The average molecular weight is 782 g/mol. The third kappa shape index (κ3) is 7.59. The van der Waals surface area contributed by atoms with Crippen LogP contribution >= 0.6 is 11.6 Å². The lowest BCUT2D eigenvalue weighted by molar-refractivity contribution is -0.102. The Hall–Kier alpha value is -2.63. The molecular weight excluding hydrogens is 720 g/mol. The molecule has 0 radical (unpaired) electrons. The van der Waals surface area contributed by atoms with Crippen LogP contribution in [-0.4, -0.2) is 100 Å². The Bertz CT molecular complexity index is 1830. The van der Waals surface area contributed by atoms with E-state index in [1.54, 1.807) is 13.0 Å².